The van der Waals surface area contributed by atoms with E-state index in [2.05, 4.69) is 29.6 Å². The van der Waals surface area contributed by atoms with Crippen LogP contribution < -0.4 is 5.32 Å². The van der Waals surface area contributed by atoms with E-state index < -0.39 is 12.1 Å². The van der Waals surface area contributed by atoms with Crippen molar-refractivity contribution in [2.75, 3.05) is 25.5 Å². The number of rotatable bonds is 9. The Morgan fingerprint density at radius 2 is 1.57 bits per heavy atom. The van der Waals surface area contributed by atoms with E-state index in [1.807, 2.05) is 42.5 Å². The Morgan fingerprint density at radius 1 is 0.914 bits per heavy atom. The molecule has 0 bridgehead atoms. The molecule has 0 saturated heterocycles. The predicted molar refractivity (Wildman–Crippen MR) is 133 cm³/mol. The first-order valence-corrected chi connectivity index (χ1v) is 11.6. The first-order valence-electron chi connectivity index (χ1n) is 11.6. The standard InChI is InChI=1S/C28H28N2O5/c1-30(16-15-27(32)33)26(31)14-13-19-7-6-8-20(17-19)29-28(34)35-18-25-23-11-4-2-9-21(23)22-10-3-5-12-24(22)25/h2-12,17,25H,13-16,18H2,1H3,(H,29,34)(H,32,33). The van der Waals surface area contributed by atoms with Crippen molar-refractivity contribution in [3.8, 4) is 11.1 Å². The summed E-state index contributed by atoms with van der Waals surface area (Å²) in [6.07, 6.45) is 0.122. The van der Waals surface area contributed by atoms with Crippen molar-refractivity contribution in [3.63, 3.8) is 0 Å². The van der Waals surface area contributed by atoms with Crippen LogP contribution in [0.3, 0.4) is 0 Å². The first kappa shape index (κ1) is 24.0. The molecule has 0 unspecified atom stereocenters. The van der Waals surface area contributed by atoms with E-state index in [1.54, 1.807) is 13.1 Å². The number of benzene rings is 3. The molecule has 0 atom stereocenters. The average molecular weight is 473 g/mol. The van der Waals surface area contributed by atoms with Gasteiger partial charge in [0.15, 0.2) is 0 Å². The number of carboxylic acid groups (broad SMARTS) is 1. The van der Waals surface area contributed by atoms with Crippen LogP contribution in [0.5, 0.6) is 0 Å². The summed E-state index contributed by atoms with van der Waals surface area (Å²) in [5.41, 5.74) is 6.14. The molecule has 1 aliphatic carbocycles. The Labute approximate surface area is 204 Å². The van der Waals surface area contributed by atoms with Crippen LogP contribution in [0.2, 0.25) is 0 Å². The number of aryl methyl sites for hydroxylation is 1. The molecule has 0 spiro atoms. The monoisotopic (exact) mass is 472 g/mol. The van der Waals surface area contributed by atoms with Gasteiger partial charge < -0.3 is 14.7 Å². The van der Waals surface area contributed by atoms with Crippen molar-refractivity contribution in [3.05, 3.63) is 89.5 Å². The van der Waals surface area contributed by atoms with E-state index in [1.165, 1.54) is 16.0 Å². The van der Waals surface area contributed by atoms with Gasteiger partial charge in [0, 0.05) is 31.6 Å². The lowest BCUT2D eigenvalue weighted by Crippen LogP contribution is -2.29. The lowest BCUT2D eigenvalue weighted by molar-refractivity contribution is -0.138. The molecule has 7 heteroatoms. The fourth-order valence-electron chi connectivity index (χ4n) is 4.39. The van der Waals surface area contributed by atoms with Crippen LogP contribution >= 0.6 is 0 Å². The molecule has 0 heterocycles. The lowest BCUT2D eigenvalue weighted by Gasteiger charge is -2.16. The molecule has 0 aromatic heterocycles. The molecule has 4 rings (SSSR count). The molecule has 0 aliphatic heterocycles. The van der Waals surface area contributed by atoms with Crippen LogP contribution in [-0.2, 0) is 20.7 Å². The zero-order valence-electron chi connectivity index (χ0n) is 19.6. The van der Waals surface area contributed by atoms with Crippen LogP contribution in [0.4, 0.5) is 10.5 Å². The van der Waals surface area contributed by atoms with Crippen molar-refractivity contribution >= 4 is 23.7 Å². The Hall–Kier alpha value is -4.13. The zero-order valence-corrected chi connectivity index (χ0v) is 19.6. The SMILES string of the molecule is CN(CCC(=O)O)C(=O)CCc1cccc(NC(=O)OCC2c3ccccc3-c3ccccc32)c1. The summed E-state index contributed by atoms with van der Waals surface area (Å²) in [4.78, 5) is 36.9. The molecule has 3 aromatic rings. The minimum Gasteiger partial charge on any atom is -0.481 e. The fourth-order valence-corrected chi connectivity index (χ4v) is 4.39. The van der Waals surface area contributed by atoms with E-state index in [0.717, 1.165) is 16.7 Å². The van der Waals surface area contributed by atoms with Gasteiger partial charge in [0.25, 0.3) is 0 Å². The maximum atomic E-state index is 12.5. The maximum absolute atomic E-state index is 12.5. The highest BCUT2D eigenvalue weighted by Crippen LogP contribution is 2.44. The highest BCUT2D eigenvalue weighted by Gasteiger charge is 2.29. The smallest absolute Gasteiger partial charge is 0.411 e. The quantitative estimate of drug-likeness (QED) is 0.461. The number of carbonyl (C=O) groups is 3. The van der Waals surface area contributed by atoms with Crippen molar-refractivity contribution in [2.24, 2.45) is 0 Å². The van der Waals surface area contributed by atoms with Gasteiger partial charge in [-0.3, -0.25) is 14.9 Å². The molecule has 7 nitrogen and oxygen atoms in total. The topological polar surface area (TPSA) is 95.9 Å². The van der Waals surface area contributed by atoms with Crippen LogP contribution in [0.25, 0.3) is 11.1 Å². The van der Waals surface area contributed by atoms with Crippen LogP contribution in [0, 0.1) is 0 Å². The first-order chi connectivity index (χ1) is 16.9. The number of nitrogens with one attached hydrogen (secondary N) is 1. The second kappa shape index (κ2) is 10.9. The summed E-state index contributed by atoms with van der Waals surface area (Å²) in [7, 11) is 1.60. The molecule has 0 saturated carbocycles. The van der Waals surface area contributed by atoms with Crippen LogP contribution in [0.15, 0.2) is 72.8 Å². The molecule has 2 N–H and O–H groups in total. The normalized spacial score (nSPS) is 11.9. The number of ether oxygens (including phenoxy) is 1. The molecule has 2 amide bonds. The van der Waals surface area contributed by atoms with Gasteiger partial charge in [0.1, 0.15) is 6.61 Å². The van der Waals surface area contributed by atoms with E-state index in [0.29, 0.717) is 12.1 Å². The van der Waals surface area contributed by atoms with E-state index >= 15 is 0 Å². The number of fused-ring (bicyclic) bond motifs is 3. The lowest BCUT2D eigenvalue weighted by atomic mass is 9.98. The molecule has 0 fully saturated rings. The molecule has 1 aliphatic rings. The summed E-state index contributed by atoms with van der Waals surface area (Å²) in [6.45, 7) is 0.411. The van der Waals surface area contributed by atoms with Crippen molar-refractivity contribution in [1.29, 1.82) is 0 Å². The Bertz CT molecular complexity index is 1190. The van der Waals surface area contributed by atoms with Gasteiger partial charge in [0.05, 0.1) is 6.42 Å². The van der Waals surface area contributed by atoms with Crippen LogP contribution in [-0.4, -0.2) is 48.2 Å². The maximum Gasteiger partial charge on any atom is 0.411 e. The van der Waals surface area contributed by atoms with E-state index in [-0.39, 0.29) is 37.8 Å². The number of carbonyl (C=O) groups excluding carboxylic acids is 2. The summed E-state index contributed by atoms with van der Waals surface area (Å²) in [6, 6.07) is 23.6. The summed E-state index contributed by atoms with van der Waals surface area (Å²) in [5, 5.41) is 11.5. The van der Waals surface area contributed by atoms with Gasteiger partial charge in [-0.1, -0.05) is 60.7 Å². The molecular formula is C28H28N2O5. The molecular weight excluding hydrogens is 444 g/mol. The third-order valence-electron chi connectivity index (χ3n) is 6.23. The number of anilines is 1. The fraction of sp³-hybridized carbons (Fsp3) is 0.250. The van der Waals surface area contributed by atoms with E-state index in [4.69, 9.17) is 9.84 Å². The van der Waals surface area contributed by atoms with Gasteiger partial charge in [-0.25, -0.2) is 4.79 Å². The number of nitrogens with zero attached hydrogens (tertiary/aromatic N) is 1. The van der Waals surface area contributed by atoms with Gasteiger partial charge in [0.2, 0.25) is 5.91 Å². The summed E-state index contributed by atoms with van der Waals surface area (Å²) in [5.74, 6) is -1.07. The second-order valence-electron chi connectivity index (χ2n) is 8.61. The van der Waals surface area contributed by atoms with Crippen LogP contribution in [0.1, 0.15) is 35.4 Å². The predicted octanol–water partition coefficient (Wildman–Crippen LogP) is 4.91. The zero-order chi connectivity index (χ0) is 24.8. The van der Waals surface area contributed by atoms with Crippen molar-refractivity contribution < 1.29 is 24.2 Å². The Kier molecular flexibility index (Phi) is 7.45. The minimum absolute atomic E-state index is 0.0105. The molecule has 0 radical (unpaired) electrons. The summed E-state index contributed by atoms with van der Waals surface area (Å²) >= 11 is 0. The van der Waals surface area contributed by atoms with Crippen molar-refractivity contribution in [1.82, 2.24) is 4.90 Å². The Morgan fingerprint density at radius 3 is 2.23 bits per heavy atom. The third-order valence-corrected chi connectivity index (χ3v) is 6.23. The number of aliphatic carboxylic acids is 1. The number of amides is 2. The highest BCUT2D eigenvalue weighted by atomic mass is 16.5. The molecule has 180 valence electrons. The average Bonchev–Trinajstić information content (AvgIpc) is 3.18. The summed E-state index contributed by atoms with van der Waals surface area (Å²) < 4.78 is 5.60. The number of carboxylic acids is 1. The largest absolute Gasteiger partial charge is 0.481 e. The van der Waals surface area contributed by atoms with Gasteiger partial charge >= 0.3 is 12.1 Å². The third kappa shape index (κ3) is 5.87. The van der Waals surface area contributed by atoms with Gasteiger partial charge in [-0.2, -0.15) is 0 Å². The Balaban J connectivity index is 1.31. The second-order valence-corrected chi connectivity index (χ2v) is 8.61. The number of hydrogen-bond donors (Lipinski definition) is 2. The highest BCUT2D eigenvalue weighted by molar-refractivity contribution is 5.85. The van der Waals surface area contributed by atoms with Gasteiger partial charge in [-0.15, -0.1) is 0 Å². The van der Waals surface area contributed by atoms with E-state index in [9.17, 15) is 14.4 Å². The number of hydrogen-bond acceptors (Lipinski definition) is 4. The van der Waals surface area contributed by atoms with Crippen molar-refractivity contribution in [2.45, 2.75) is 25.2 Å². The molecule has 3 aromatic carbocycles. The minimum atomic E-state index is -0.934. The molecule has 35 heavy (non-hydrogen) atoms. The van der Waals surface area contributed by atoms with Gasteiger partial charge in [-0.05, 0) is 46.4 Å².